The molecule has 0 aliphatic carbocycles. The molecule has 0 saturated heterocycles. The normalized spacial score (nSPS) is 14.4. The molecule has 8 aromatic carbocycles. The molecule has 0 radical (unpaired) electrons. The van der Waals surface area contributed by atoms with E-state index in [1.165, 1.54) is 37.4 Å². The maximum Gasteiger partial charge on any atom is 0.336 e. The standard InChI is InChI=1S/C27H24N2O8S.C27H29NO6S.C25H22O6S/c1-15-4-9-24(23(10-15)35-3)38(33,34)28-26(30)25(16-6-8-21-22(12-16)37-14-36-21)19-13-29(2)20-11-17(27(31)32)5-7-18(19)20;1-4-7-20-8-5-6-9-23(20)34-26(21-12-15-24-25(16-21)33-17-32-24)27(29)28-35(30,31)22-13-10-19(11-14-22)18(2)3;1-13(2)30-16-6-8-18-17(11-16)22(21-9-4-14(3)32-21)23(25(26)27)24(31-18)15-5-7-19-20(10-15)29-12-28-19/h4-13,25H,14H2,1-3H3,(H,28,30)(H,31,32);5-6,8-16,18,26H,4,7,17H2,1-3H3,(H,28,29);4-11,13,24H,12H2,1-3H3,(H,26,27)/t25-;;/m0../s1. The van der Waals surface area contributed by atoms with Crippen molar-refractivity contribution in [1.29, 1.82) is 0 Å². The molecular weight excluding hydrogens is 1410 g/mol. The van der Waals surface area contributed by atoms with Crippen LogP contribution in [0.2, 0.25) is 0 Å². The number of hydrogen-bond donors (Lipinski definition) is 4. The molecule has 10 aromatic rings. The molecule has 26 heteroatoms. The van der Waals surface area contributed by atoms with Gasteiger partial charge >= 0.3 is 11.9 Å². The van der Waals surface area contributed by atoms with E-state index in [0.717, 1.165) is 39.3 Å². The van der Waals surface area contributed by atoms with Gasteiger partial charge in [0.25, 0.3) is 26.0 Å². The number of carbonyl (C=O) groups excluding carboxylic acids is 2. The predicted octanol–water partition coefficient (Wildman–Crippen LogP) is 14.3. The van der Waals surface area contributed by atoms with Crippen molar-refractivity contribution in [1.82, 2.24) is 14.0 Å². The number of fused-ring (bicyclic) bond motifs is 5. The van der Waals surface area contributed by atoms with Crippen LogP contribution >= 0.6 is 11.3 Å². The fourth-order valence-electron chi connectivity index (χ4n) is 12.4. The van der Waals surface area contributed by atoms with Gasteiger partial charge < -0.3 is 62.1 Å². The maximum absolute atomic E-state index is 13.8. The predicted molar refractivity (Wildman–Crippen MR) is 390 cm³/mol. The summed E-state index contributed by atoms with van der Waals surface area (Å²) in [5.41, 5.74) is 7.01. The van der Waals surface area contributed by atoms with Crippen LogP contribution in [0.15, 0.2) is 191 Å². The Morgan fingerprint density at radius 3 is 1.86 bits per heavy atom. The zero-order valence-corrected chi connectivity index (χ0v) is 61.0. The molecule has 6 heterocycles. The number of aromatic carboxylic acids is 1. The molecule has 2 amide bonds. The van der Waals surface area contributed by atoms with Gasteiger partial charge in [0.05, 0.1) is 35.2 Å². The minimum Gasteiger partial charge on any atom is -0.495 e. The third-order valence-corrected chi connectivity index (χ3v) is 21.2. The SMILES string of the molecule is CCCc1ccccc1OC(C(=O)NS(=O)(=O)c1ccc(C(C)C)cc1)c1ccc2c(c1)OCO2.COc1cc(C)ccc1S(=O)(=O)NC(=O)[C@@H](c1ccc2c(c1)OCO2)c1cn(C)c2cc(C(=O)O)ccc12.Cc1ccc(C2=C(C(=O)O)C(c3ccc4c(c3)OCO4)Oc3ccc(OC(C)C)cc32)s1. The number of amides is 2. The number of carboxylic acid groups (broad SMARTS) is 2. The van der Waals surface area contributed by atoms with E-state index in [-0.39, 0.29) is 59.1 Å². The Hall–Kier alpha value is -11.5. The number of ether oxygens (including phenoxy) is 10. The van der Waals surface area contributed by atoms with Gasteiger partial charge in [-0.15, -0.1) is 11.3 Å². The maximum atomic E-state index is 13.8. The molecule has 14 rings (SSSR count). The third kappa shape index (κ3) is 16.0. The lowest BCUT2D eigenvalue weighted by atomic mass is 9.88. The topological polar surface area (TPSA) is 298 Å². The molecule has 4 aliphatic heterocycles. The number of nitrogens with one attached hydrogen (secondary N) is 2. The molecule has 4 N–H and O–H groups in total. The van der Waals surface area contributed by atoms with Crippen LogP contribution in [0, 0.1) is 13.8 Å². The number of rotatable bonds is 21. The molecule has 4 aliphatic rings. The molecule has 0 bridgehead atoms. The van der Waals surface area contributed by atoms with Crippen molar-refractivity contribution >= 4 is 71.6 Å². The van der Waals surface area contributed by atoms with Gasteiger partial charge in [0.15, 0.2) is 40.6 Å². The zero-order valence-electron chi connectivity index (χ0n) is 58.6. The molecule has 0 spiro atoms. The first kappa shape index (κ1) is 73.3. The van der Waals surface area contributed by atoms with E-state index in [4.69, 9.17) is 47.4 Å². The van der Waals surface area contributed by atoms with Gasteiger partial charge in [0.1, 0.15) is 27.9 Å². The van der Waals surface area contributed by atoms with Crippen molar-refractivity contribution in [2.45, 2.75) is 101 Å². The molecule has 2 aromatic heterocycles. The number of carboxylic acids is 2. The highest BCUT2D eigenvalue weighted by Crippen LogP contribution is 2.50. The summed E-state index contributed by atoms with van der Waals surface area (Å²) < 4.78 is 115. The summed E-state index contributed by atoms with van der Waals surface area (Å²) in [4.78, 5) is 53.2. The highest BCUT2D eigenvalue weighted by molar-refractivity contribution is 7.90. The van der Waals surface area contributed by atoms with Crippen molar-refractivity contribution in [2.75, 3.05) is 27.5 Å². The largest absolute Gasteiger partial charge is 0.495 e. The lowest BCUT2D eigenvalue weighted by Gasteiger charge is -2.30. The average Bonchev–Trinajstić information content (AvgIpc) is 1.72. The minimum absolute atomic E-state index is 0.00528. The van der Waals surface area contributed by atoms with Crippen LogP contribution in [0.25, 0.3) is 16.5 Å². The molecule has 544 valence electrons. The number of para-hydroxylation sites is 1. The van der Waals surface area contributed by atoms with Gasteiger partial charge in [-0.1, -0.05) is 87.9 Å². The van der Waals surface area contributed by atoms with E-state index in [2.05, 4.69) is 16.4 Å². The molecule has 3 atom stereocenters. The number of methoxy groups -OCH3 is 1. The van der Waals surface area contributed by atoms with Gasteiger partial charge in [0.2, 0.25) is 32.4 Å². The molecular formula is C79H75N3O20S3. The Labute approximate surface area is 610 Å². The highest BCUT2D eigenvalue weighted by Gasteiger charge is 2.38. The quantitative estimate of drug-likeness (QED) is 0.0519. The molecule has 0 fully saturated rings. The van der Waals surface area contributed by atoms with Crippen LogP contribution in [-0.2, 0) is 47.9 Å². The lowest BCUT2D eigenvalue weighted by Crippen LogP contribution is -2.37. The van der Waals surface area contributed by atoms with Crippen molar-refractivity contribution in [3.05, 3.63) is 241 Å². The lowest BCUT2D eigenvalue weighted by molar-refractivity contribution is -0.133. The van der Waals surface area contributed by atoms with Crippen LogP contribution in [-0.4, -0.2) is 89.0 Å². The first-order valence-corrected chi connectivity index (χ1v) is 37.2. The number of aryl methyl sites for hydroxylation is 4. The minimum atomic E-state index is -4.32. The highest BCUT2D eigenvalue weighted by atomic mass is 32.2. The van der Waals surface area contributed by atoms with Crippen molar-refractivity contribution in [3.8, 4) is 57.5 Å². The van der Waals surface area contributed by atoms with Crippen LogP contribution < -0.4 is 56.8 Å². The summed E-state index contributed by atoms with van der Waals surface area (Å²) in [6.45, 7) is 14.1. The Balaban J connectivity index is 0.000000148. The fourth-order valence-corrected chi connectivity index (χ4v) is 15.5. The van der Waals surface area contributed by atoms with Crippen LogP contribution in [0.3, 0.4) is 0 Å². The van der Waals surface area contributed by atoms with Gasteiger partial charge in [-0.2, -0.15) is 0 Å². The molecule has 23 nitrogen and oxygen atoms in total. The monoisotopic (exact) mass is 1480 g/mol. The van der Waals surface area contributed by atoms with Gasteiger partial charge in [-0.3, -0.25) is 9.59 Å². The van der Waals surface area contributed by atoms with E-state index >= 15 is 0 Å². The van der Waals surface area contributed by atoms with E-state index in [0.29, 0.717) is 96.0 Å². The molecule has 105 heavy (non-hydrogen) atoms. The number of sulfonamides is 2. The zero-order chi connectivity index (χ0) is 74.6. The fraction of sp³-hybridized carbons (Fsp3) is 0.241. The number of hydrogen-bond acceptors (Lipinski definition) is 19. The van der Waals surface area contributed by atoms with E-state index < -0.39 is 61.9 Å². The second-order valence-electron chi connectivity index (χ2n) is 25.5. The van der Waals surface area contributed by atoms with Gasteiger partial charge in [-0.05, 0) is 177 Å². The molecule has 2 unspecified atom stereocenters. The Bertz CT molecular complexity index is 5280. The second-order valence-corrected chi connectivity index (χ2v) is 30.1. The Morgan fingerprint density at radius 1 is 0.610 bits per heavy atom. The number of aliphatic carboxylic acids is 1. The number of aromatic nitrogens is 1. The van der Waals surface area contributed by atoms with Gasteiger partial charge in [0, 0.05) is 56.2 Å². The number of carbonyl (C=O) groups is 4. The summed E-state index contributed by atoms with van der Waals surface area (Å²) in [5.74, 6) is 0.517. The summed E-state index contributed by atoms with van der Waals surface area (Å²) in [6.07, 6.45) is 1.29. The van der Waals surface area contributed by atoms with E-state index in [9.17, 15) is 46.2 Å². The number of thiophene rings is 1. The summed E-state index contributed by atoms with van der Waals surface area (Å²) >= 11 is 1.55. The summed E-state index contributed by atoms with van der Waals surface area (Å²) in [7, 11) is -5.36. The van der Waals surface area contributed by atoms with Gasteiger partial charge in [-0.25, -0.2) is 35.9 Å². The van der Waals surface area contributed by atoms with Crippen molar-refractivity contribution < 1.29 is 93.6 Å². The smallest absolute Gasteiger partial charge is 0.336 e. The third-order valence-electron chi connectivity index (χ3n) is 17.5. The first-order chi connectivity index (χ1) is 50.3. The van der Waals surface area contributed by atoms with E-state index in [1.54, 1.807) is 121 Å². The van der Waals surface area contributed by atoms with Crippen LogP contribution in [0.1, 0.15) is 130 Å². The van der Waals surface area contributed by atoms with E-state index in [1.807, 2.05) is 89.2 Å². The number of benzene rings is 8. The first-order valence-electron chi connectivity index (χ1n) is 33.4. The average molecular weight is 1480 g/mol. The van der Waals surface area contributed by atoms with Crippen LogP contribution in [0.4, 0.5) is 0 Å². The Kier molecular flexibility index (Phi) is 21.5. The number of nitrogens with zero attached hydrogens (tertiary/aromatic N) is 1. The Morgan fingerprint density at radius 2 is 1.23 bits per heavy atom. The molecule has 0 saturated carbocycles. The van der Waals surface area contributed by atoms with Crippen molar-refractivity contribution in [2.24, 2.45) is 7.05 Å². The van der Waals surface area contributed by atoms with Crippen LogP contribution in [0.5, 0.6) is 57.5 Å². The summed E-state index contributed by atoms with van der Waals surface area (Å²) in [6, 6.07) is 47.9. The second kappa shape index (κ2) is 30.8. The van der Waals surface area contributed by atoms with Crippen molar-refractivity contribution in [3.63, 3.8) is 0 Å². The summed E-state index contributed by atoms with van der Waals surface area (Å²) in [5, 5.41) is 20.3.